The van der Waals surface area contributed by atoms with Gasteiger partial charge in [-0.3, -0.25) is 13.9 Å². The first kappa shape index (κ1) is 17.0. The van der Waals surface area contributed by atoms with Crippen molar-refractivity contribution in [2.45, 2.75) is 25.3 Å². The summed E-state index contributed by atoms with van der Waals surface area (Å²) in [6.07, 6.45) is 2.44. The Hall–Kier alpha value is -2.88. The number of nitriles is 1. The van der Waals surface area contributed by atoms with Gasteiger partial charge in [0.15, 0.2) is 5.56 Å². The monoisotopic (exact) mass is 342 g/mol. The van der Waals surface area contributed by atoms with Crippen molar-refractivity contribution in [2.75, 3.05) is 11.4 Å². The van der Waals surface area contributed by atoms with E-state index in [4.69, 9.17) is 0 Å². The van der Waals surface area contributed by atoms with Crippen LogP contribution in [0, 0.1) is 17.1 Å². The van der Waals surface area contributed by atoms with E-state index in [1.54, 1.807) is 13.1 Å². The Morgan fingerprint density at radius 2 is 2.00 bits per heavy atom. The summed E-state index contributed by atoms with van der Waals surface area (Å²) in [4.78, 5) is 26.5. The number of benzene rings is 1. The number of hydrogen-bond donors (Lipinski definition) is 0. The van der Waals surface area contributed by atoms with Crippen LogP contribution in [-0.2, 0) is 20.5 Å². The number of anilines is 1. The SMILES string of the molecule is Cn1c(N(CCc2cccc(F)c2)C2CC2)c(C#N)c(=O)n(C)c1=O. The highest BCUT2D eigenvalue weighted by atomic mass is 19.1. The van der Waals surface area contributed by atoms with Crippen LogP contribution >= 0.6 is 0 Å². The first-order valence-electron chi connectivity index (χ1n) is 8.15. The Bertz CT molecular complexity index is 967. The Morgan fingerprint density at radius 3 is 2.60 bits per heavy atom. The van der Waals surface area contributed by atoms with E-state index in [2.05, 4.69) is 0 Å². The third-order valence-electron chi connectivity index (χ3n) is 4.54. The van der Waals surface area contributed by atoms with Gasteiger partial charge < -0.3 is 4.90 Å². The zero-order valence-electron chi connectivity index (χ0n) is 14.2. The molecule has 1 heterocycles. The quantitative estimate of drug-likeness (QED) is 0.821. The summed E-state index contributed by atoms with van der Waals surface area (Å²) in [7, 11) is 2.93. The third-order valence-corrected chi connectivity index (χ3v) is 4.54. The number of rotatable bonds is 5. The Balaban J connectivity index is 2.01. The lowest BCUT2D eigenvalue weighted by molar-refractivity contribution is 0.623. The van der Waals surface area contributed by atoms with Gasteiger partial charge in [0.25, 0.3) is 5.56 Å². The minimum Gasteiger partial charge on any atom is -0.353 e. The molecule has 1 saturated carbocycles. The molecule has 1 fully saturated rings. The second-order valence-corrected chi connectivity index (χ2v) is 6.32. The lowest BCUT2D eigenvalue weighted by Crippen LogP contribution is -2.43. The molecule has 1 aromatic heterocycles. The normalized spacial score (nSPS) is 13.5. The van der Waals surface area contributed by atoms with Crippen molar-refractivity contribution >= 4 is 5.82 Å². The van der Waals surface area contributed by atoms with Gasteiger partial charge in [-0.05, 0) is 37.0 Å². The lowest BCUT2D eigenvalue weighted by atomic mass is 10.1. The molecular formula is C18H19FN4O2. The molecule has 7 heteroatoms. The molecule has 0 bridgehead atoms. The molecule has 1 aromatic carbocycles. The zero-order chi connectivity index (χ0) is 18.1. The predicted molar refractivity (Wildman–Crippen MR) is 92.1 cm³/mol. The first-order valence-corrected chi connectivity index (χ1v) is 8.15. The van der Waals surface area contributed by atoms with Gasteiger partial charge in [0.2, 0.25) is 0 Å². The standard InChI is InChI=1S/C18H19FN4O2/c1-21-16(15(11-20)17(24)22(2)18(21)25)23(14-6-7-14)9-8-12-4-3-5-13(19)10-12/h3-5,10,14H,6-9H2,1-2H3. The lowest BCUT2D eigenvalue weighted by Gasteiger charge is -2.27. The van der Waals surface area contributed by atoms with Gasteiger partial charge in [0.1, 0.15) is 17.7 Å². The molecule has 0 atom stereocenters. The van der Waals surface area contributed by atoms with Crippen LogP contribution in [0.2, 0.25) is 0 Å². The minimum atomic E-state index is -0.586. The van der Waals surface area contributed by atoms with Crippen molar-refractivity contribution in [3.05, 3.63) is 62.0 Å². The number of halogens is 1. The summed E-state index contributed by atoms with van der Waals surface area (Å²) in [5.41, 5.74) is -0.249. The van der Waals surface area contributed by atoms with E-state index >= 15 is 0 Å². The largest absolute Gasteiger partial charge is 0.353 e. The average Bonchev–Trinajstić information content (AvgIpc) is 3.42. The molecule has 1 aliphatic carbocycles. The van der Waals surface area contributed by atoms with Gasteiger partial charge in [-0.2, -0.15) is 5.26 Å². The zero-order valence-corrected chi connectivity index (χ0v) is 14.2. The molecule has 2 aromatic rings. The second-order valence-electron chi connectivity index (χ2n) is 6.32. The fraction of sp³-hybridized carbons (Fsp3) is 0.389. The van der Waals surface area contributed by atoms with Crippen LogP contribution < -0.4 is 16.1 Å². The predicted octanol–water partition coefficient (Wildman–Crippen LogP) is 1.31. The summed E-state index contributed by atoms with van der Waals surface area (Å²) in [6, 6.07) is 8.49. The Morgan fingerprint density at radius 1 is 1.28 bits per heavy atom. The highest BCUT2D eigenvalue weighted by Gasteiger charge is 2.33. The summed E-state index contributed by atoms with van der Waals surface area (Å²) in [6.45, 7) is 0.503. The summed E-state index contributed by atoms with van der Waals surface area (Å²) in [5, 5.41) is 9.46. The van der Waals surface area contributed by atoms with Gasteiger partial charge in [0.05, 0.1) is 0 Å². The van der Waals surface area contributed by atoms with Gasteiger partial charge in [-0.25, -0.2) is 9.18 Å². The Labute approximate surface area is 144 Å². The van der Waals surface area contributed by atoms with Crippen LogP contribution in [0.15, 0.2) is 33.9 Å². The molecule has 3 rings (SSSR count). The highest BCUT2D eigenvalue weighted by molar-refractivity contribution is 5.55. The molecule has 0 spiro atoms. The fourth-order valence-electron chi connectivity index (χ4n) is 3.06. The highest BCUT2D eigenvalue weighted by Crippen LogP contribution is 2.32. The maximum atomic E-state index is 13.4. The first-order chi connectivity index (χ1) is 11.9. The molecule has 1 aliphatic rings. The van der Waals surface area contributed by atoms with Gasteiger partial charge in [-0.15, -0.1) is 0 Å². The van der Waals surface area contributed by atoms with Crippen molar-refractivity contribution in [1.29, 1.82) is 5.26 Å². The molecule has 0 radical (unpaired) electrons. The van der Waals surface area contributed by atoms with Crippen LogP contribution in [0.25, 0.3) is 0 Å². The van der Waals surface area contributed by atoms with Crippen LogP contribution in [0.5, 0.6) is 0 Å². The van der Waals surface area contributed by atoms with Crippen LogP contribution in [0.4, 0.5) is 10.2 Å². The molecule has 0 amide bonds. The molecule has 0 aliphatic heterocycles. The van der Waals surface area contributed by atoms with Crippen molar-refractivity contribution < 1.29 is 4.39 Å². The van der Waals surface area contributed by atoms with E-state index in [1.165, 1.54) is 23.7 Å². The number of hydrogen-bond acceptors (Lipinski definition) is 4. The van der Waals surface area contributed by atoms with Crippen molar-refractivity contribution in [2.24, 2.45) is 14.1 Å². The second kappa shape index (κ2) is 6.55. The molecule has 130 valence electrons. The van der Waals surface area contributed by atoms with Crippen LogP contribution in [0.3, 0.4) is 0 Å². The van der Waals surface area contributed by atoms with E-state index in [0.29, 0.717) is 18.8 Å². The average molecular weight is 342 g/mol. The maximum Gasteiger partial charge on any atom is 0.332 e. The Kier molecular flexibility index (Phi) is 4.45. The maximum absolute atomic E-state index is 13.4. The number of nitrogens with zero attached hydrogens (tertiary/aromatic N) is 4. The molecular weight excluding hydrogens is 323 g/mol. The van der Waals surface area contributed by atoms with Crippen molar-refractivity contribution in [1.82, 2.24) is 9.13 Å². The van der Waals surface area contributed by atoms with Crippen molar-refractivity contribution in [3.63, 3.8) is 0 Å². The summed E-state index contributed by atoms with van der Waals surface area (Å²) < 4.78 is 15.7. The molecule has 0 unspecified atom stereocenters. The summed E-state index contributed by atoms with van der Waals surface area (Å²) in [5.74, 6) is 0.0590. The third kappa shape index (κ3) is 3.20. The fourth-order valence-corrected chi connectivity index (χ4v) is 3.06. The van der Waals surface area contributed by atoms with Gasteiger partial charge in [-0.1, -0.05) is 12.1 Å². The molecule has 0 saturated heterocycles. The molecule has 6 nitrogen and oxygen atoms in total. The van der Waals surface area contributed by atoms with Crippen LogP contribution in [0.1, 0.15) is 24.0 Å². The van der Waals surface area contributed by atoms with E-state index in [9.17, 15) is 19.2 Å². The van der Waals surface area contributed by atoms with Crippen molar-refractivity contribution in [3.8, 4) is 6.07 Å². The number of aromatic nitrogens is 2. The molecule has 25 heavy (non-hydrogen) atoms. The van der Waals surface area contributed by atoms with Gasteiger partial charge >= 0.3 is 5.69 Å². The minimum absolute atomic E-state index is 0.0317. The van der Waals surface area contributed by atoms with E-state index in [-0.39, 0.29) is 17.4 Å². The van der Waals surface area contributed by atoms with E-state index in [0.717, 1.165) is 23.0 Å². The summed E-state index contributed by atoms with van der Waals surface area (Å²) >= 11 is 0. The van der Waals surface area contributed by atoms with Crippen LogP contribution in [-0.4, -0.2) is 21.7 Å². The topological polar surface area (TPSA) is 71.0 Å². The van der Waals surface area contributed by atoms with Gasteiger partial charge in [0, 0.05) is 26.7 Å². The molecule has 0 N–H and O–H groups in total. The van der Waals surface area contributed by atoms with E-state index < -0.39 is 11.2 Å². The van der Waals surface area contributed by atoms with E-state index in [1.807, 2.05) is 17.0 Å². The smallest absolute Gasteiger partial charge is 0.332 e.